The molecule has 0 fully saturated rings. The molecule has 5 rings (SSSR count). The largest absolute Gasteiger partial charge is 0.493 e. The number of thiophene rings is 1. The van der Waals surface area contributed by atoms with Crippen LogP contribution in [0.2, 0.25) is 5.02 Å². The number of benzene rings is 2. The van der Waals surface area contributed by atoms with Crippen LogP contribution in [-0.2, 0) is 12.8 Å². The van der Waals surface area contributed by atoms with Crippen molar-refractivity contribution in [1.29, 1.82) is 0 Å². The smallest absolute Gasteiger partial charge is 0.260 e. The van der Waals surface area contributed by atoms with Gasteiger partial charge in [0.15, 0.2) is 23.0 Å². The van der Waals surface area contributed by atoms with Crippen LogP contribution >= 0.6 is 22.9 Å². The van der Waals surface area contributed by atoms with Gasteiger partial charge in [0.1, 0.15) is 23.9 Å². The summed E-state index contributed by atoms with van der Waals surface area (Å²) in [5.74, 6) is 2.58. The number of hydrogen-bond donors (Lipinski definition) is 1. The van der Waals surface area contributed by atoms with Gasteiger partial charge in [-0.2, -0.15) is 0 Å². The lowest BCUT2D eigenvalue weighted by Gasteiger charge is -2.15. The molecule has 1 N–H and O–H groups in total. The summed E-state index contributed by atoms with van der Waals surface area (Å²) in [7, 11) is 3.14. The minimum atomic E-state index is -0.117. The van der Waals surface area contributed by atoms with Gasteiger partial charge in [0.25, 0.3) is 5.56 Å². The summed E-state index contributed by atoms with van der Waals surface area (Å²) < 4.78 is 22.5. The Morgan fingerprint density at radius 2 is 1.74 bits per heavy atom. The molecule has 4 aromatic rings. The van der Waals surface area contributed by atoms with Gasteiger partial charge in [0.2, 0.25) is 0 Å². The number of hydrogen-bond acceptors (Lipinski definition) is 7. The second-order valence-electron chi connectivity index (χ2n) is 8.14. The fourth-order valence-corrected chi connectivity index (χ4v) is 5.86. The molecule has 0 aliphatic heterocycles. The van der Waals surface area contributed by atoms with Crippen molar-refractivity contribution in [3.63, 3.8) is 0 Å². The van der Waals surface area contributed by atoms with Crippen molar-refractivity contribution in [3.05, 3.63) is 62.2 Å². The Morgan fingerprint density at radius 1 is 1.00 bits per heavy atom. The molecule has 9 heteroatoms. The van der Waals surface area contributed by atoms with Gasteiger partial charge in [-0.25, -0.2) is 4.98 Å². The Hall–Kier alpha value is -3.23. The number of nitrogens with zero attached hydrogens (tertiary/aromatic N) is 1. The Balaban J connectivity index is 1.37. The topological polar surface area (TPSA) is 82.7 Å². The quantitative estimate of drug-likeness (QED) is 0.307. The first-order chi connectivity index (χ1) is 17.1. The summed E-state index contributed by atoms with van der Waals surface area (Å²) in [4.78, 5) is 22.7. The standard InChI is InChI=1S/C26H25ClN2O5S/c1-31-18-8-4-5-9-19(18)33-11-12-34-23-17(27)13-15(14-20(23)32-2)24-28-25(30)22-16-7-3-6-10-21(16)35-26(22)29-24/h4-5,8-9,13-14H,3,6-7,10-12H2,1-2H3,(H,28,29,30). The molecule has 0 radical (unpaired) electrons. The highest BCUT2D eigenvalue weighted by molar-refractivity contribution is 7.18. The molecule has 0 amide bonds. The third-order valence-corrected chi connectivity index (χ3v) is 7.45. The number of para-hydroxylation sites is 2. The molecule has 0 saturated carbocycles. The molecule has 0 unspecified atom stereocenters. The molecule has 2 aromatic carbocycles. The summed E-state index contributed by atoms with van der Waals surface area (Å²) in [6.45, 7) is 0.533. The van der Waals surface area contributed by atoms with Gasteiger partial charge in [-0.3, -0.25) is 4.79 Å². The summed E-state index contributed by atoms with van der Waals surface area (Å²) >= 11 is 8.18. The minimum Gasteiger partial charge on any atom is -0.493 e. The second-order valence-corrected chi connectivity index (χ2v) is 9.63. The van der Waals surface area contributed by atoms with Gasteiger partial charge in [-0.05, 0) is 55.5 Å². The van der Waals surface area contributed by atoms with Crippen LogP contribution in [0.1, 0.15) is 23.3 Å². The van der Waals surface area contributed by atoms with Crippen molar-refractivity contribution in [2.45, 2.75) is 25.7 Å². The van der Waals surface area contributed by atoms with Gasteiger partial charge in [0.05, 0.1) is 24.6 Å². The van der Waals surface area contributed by atoms with Crippen molar-refractivity contribution < 1.29 is 18.9 Å². The van der Waals surface area contributed by atoms with E-state index < -0.39 is 0 Å². The molecule has 0 spiro atoms. The van der Waals surface area contributed by atoms with Gasteiger partial charge >= 0.3 is 0 Å². The predicted octanol–water partition coefficient (Wildman–Crippen LogP) is 5.66. The van der Waals surface area contributed by atoms with Crippen LogP contribution in [0.4, 0.5) is 0 Å². The first-order valence-electron chi connectivity index (χ1n) is 11.4. The number of fused-ring (bicyclic) bond motifs is 3. The molecule has 0 bridgehead atoms. The molecule has 35 heavy (non-hydrogen) atoms. The molecular weight excluding hydrogens is 488 g/mol. The number of halogens is 1. The number of H-pyrrole nitrogens is 1. The number of rotatable bonds is 8. The van der Waals surface area contributed by atoms with Gasteiger partial charge in [-0.15, -0.1) is 11.3 Å². The SMILES string of the molecule is COc1ccccc1OCCOc1c(Cl)cc(-c2nc3sc4c(c3c(=O)[nH]2)CCCC4)cc1OC. The van der Waals surface area contributed by atoms with Crippen LogP contribution in [0, 0.1) is 0 Å². The Kier molecular flexibility index (Phi) is 6.83. The lowest BCUT2D eigenvalue weighted by atomic mass is 9.97. The summed E-state index contributed by atoms with van der Waals surface area (Å²) in [5.41, 5.74) is 1.69. The van der Waals surface area contributed by atoms with Crippen molar-refractivity contribution in [1.82, 2.24) is 9.97 Å². The van der Waals surface area contributed by atoms with Crippen LogP contribution in [0.15, 0.2) is 41.2 Å². The predicted molar refractivity (Wildman–Crippen MR) is 138 cm³/mol. The maximum Gasteiger partial charge on any atom is 0.260 e. The number of ether oxygens (including phenoxy) is 4. The molecule has 2 aromatic heterocycles. The molecule has 2 heterocycles. The van der Waals surface area contributed by atoms with Crippen molar-refractivity contribution in [2.24, 2.45) is 0 Å². The minimum absolute atomic E-state index is 0.117. The number of aromatic nitrogens is 2. The lowest BCUT2D eigenvalue weighted by Crippen LogP contribution is -2.12. The Labute approximate surface area is 211 Å². The zero-order chi connectivity index (χ0) is 24.4. The van der Waals surface area contributed by atoms with Gasteiger partial charge in [-0.1, -0.05) is 23.7 Å². The number of nitrogens with one attached hydrogen (secondary N) is 1. The average molecular weight is 513 g/mol. The van der Waals surface area contributed by atoms with Crippen molar-refractivity contribution >= 4 is 33.2 Å². The third kappa shape index (κ3) is 4.68. The van der Waals surface area contributed by atoms with Gasteiger partial charge in [0, 0.05) is 10.4 Å². The van der Waals surface area contributed by atoms with Crippen LogP contribution in [0.3, 0.4) is 0 Å². The molecule has 0 saturated heterocycles. The lowest BCUT2D eigenvalue weighted by molar-refractivity contribution is 0.206. The third-order valence-electron chi connectivity index (χ3n) is 5.98. The monoisotopic (exact) mass is 512 g/mol. The maximum atomic E-state index is 12.9. The molecule has 182 valence electrons. The Bertz CT molecular complexity index is 1430. The summed E-state index contributed by atoms with van der Waals surface area (Å²) in [6.07, 6.45) is 4.21. The molecular formula is C26H25ClN2O5S. The van der Waals surface area contributed by atoms with E-state index >= 15 is 0 Å². The van der Waals surface area contributed by atoms with E-state index in [0.29, 0.717) is 39.4 Å². The number of aryl methyl sites for hydroxylation is 2. The summed E-state index contributed by atoms with van der Waals surface area (Å²) in [6, 6.07) is 10.9. The van der Waals surface area contributed by atoms with E-state index in [-0.39, 0.29) is 18.8 Å². The van der Waals surface area contributed by atoms with E-state index in [1.807, 2.05) is 24.3 Å². The first-order valence-corrected chi connectivity index (χ1v) is 12.6. The van der Waals surface area contributed by atoms with Crippen LogP contribution in [0.5, 0.6) is 23.0 Å². The highest BCUT2D eigenvalue weighted by atomic mass is 35.5. The van der Waals surface area contributed by atoms with E-state index in [1.165, 1.54) is 4.88 Å². The summed E-state index contributed by atoms with van der Waals surface area (Å²) in [5, 5.41) is 1.08. The zero-order valence-electron chi connectivity index (χ0n) is 19.5. The zero-order valence-corrected chi connectivity index (χ0v) is 21.1. The first kappa shape index (κ1) is 23.5. The van der Waals surface area contributed by atoms with E-state index in [2.05, 4.69) is 4.98 Å². The maximum absolute atomic E-state index is 12.9. The highest BCUT2D eigenvalue weighted by Gasteiger charge is 2.21. The molecule has 1 aliphatic carbocycles. The van der Waals surface area contributed by atoms with E-state index in [4.69, 9.17) is 35.5 Å². The van der Waals surface area contributed by atoms with Gasteiger partial charge < -0.3 is 23.9 Å². The van der Waals surface area contributed by atoms with E-state index in [9.17, 15) is 4.79 Å². The average Bonchev–Trinajstić information content (AvgIpc) is 3.26. The molecule has 0 atom stereocenters. The van der Waals surface area contributed by atoms with Crippen LogP contribution < -0.4 is 24.5 Å². The normalized spacial score (nSPS) is 12.9. The van der Waals surface area contributed by atoms with Crippen LogP contribution in [0.25, 0.3) is 21.6 Å². The Morgan fingerprint density at radius 3 is 2.54 bits per heavy atom. The van der Waals surface area contributed by atoms with E-state index in [0.717, 1.165) is 41.5 Å². The van der Waals surface area contributed by atoms with E-state index in [1.54, 1.807) is 37.7 Å². The number of aromatic amines is 1. The van der Waals surface area contributed by atoms with Crippen molar-refractivity contribution in [2.75, 3.05) is 27.4 Å². The molecule has 7 nitrogen and oxygen atoms in total. The fraction of sp³-hybridized carbons (Fsp3) is 0.308. The molecule has 1 aliphatic rings. The van der Waals surface area contributed by atoms with Crippen LogP contribution in [-0.4, -0.2) is 37.4 Å². The number of methoxy groups -OCH3 is 2. The fourth-order valence-electron chi connectivity index (χ4n) is 4.33. The highest BCUT2D eigenvalue weighted by Crippen LogP contribution is 2.40. The van der Waals surface area contributed by atoms with Crippen molar-refractivity contribution in [3.8, 4) is 34.4 Å². The second kappa shape index (κ2) is 10.2.